The van der Waals surface area contributed by atoms with Gasteiger partial charge in [-0.25, -0.2) is 8.78 Å². The van der Waals surface area contributed by atoms with Crippen molar-refractivity contribution in [1.29, 1.82) is 0 Å². The smallest absolute Gasteiger partial charge is 0.193 e. The fourth-order valence-electron chi connectivity index (χ4n) is 2.25. The summed E-state index contributed by atoms with van der Waals surface area (Å²) < 4.78 is 31.6. The summed E-state index contributed by atoms with van der Waals surface area (Å²) in [6.07, 6.45) is 0. The normalized spacial score (nSPS) is 10.4. The van der Waals surface area contributed by atoms with Gasteiger partial charge in [-0.3, -0.25) is 4.79 Å². The highest BCUT2D eigenvalue weighted by Gasteiger charge is 2.14. The molecule has 0 saturated carbocycles. The van der Waals surface area contributed by atoms with Crippen molar-refractivity contribution < 1.29 is 18.3 Å². The first-order valence-electron chi connectivity index (χ1n) is 6.08. The maximum atomic E-state index is 13.2. The molecular formula is C16H14F2O2. The Morgan fingerprint density at radius 1 is 0.900 bits per heavy atom. The highest BCUT2D eigenvalue weighted by Crippen LogP contribution is 2.25. The van der Waals surface area contributed by atoms with Crippen molar-refractivity contribution in [3.05, 3.63) is 64.2 Å². The molecule has 0 N–H and O–H groups in total. The van der Waals surface area contributed by atoms with Gasteiger partial charge in [-0.05, 0) is 49.2 Å². The summed E-state index contributed by atoms with van der Waals surface area (Å²) in [5, 5.41) is 0. The van der Waals surface area contributed by atoms with Gasteiger partial charge in [0.05, 0.1) is 7.11 Å². The van der Waals surface area contributed by atoms with Crippen LogP contribution in [0.1, 0.15) is 27.0 Å². The van der Waals surface area contributed by atoms with Crippen LogP contribution in [0.4, 0.5) is 8.78 Å². The van der Waals surface area contributed by atoms with Gasteiger partial charge in [-0.1, -0.05) is 0 Å². The molecule has 2 rings (SSSR count). The molecule has 0 unspecified atom stereocenters. The lowest BCUT2D eigenvalue weighted by molar-refractivity contribution is 0.103. The Balaban J connectivity index is 2.48. The third kappa shape index (κ3) is 2.69. The van der Waals surface area contributed by atoms with Crippen LogP contribution in [0.25, 0.3) is 0 Å². The monoisotopic (exact) mass is 276 g/mol. The molecule has 2 aromatic carbocycles. The lowest BCUT2D eigenvalue weighted by atomic mass is 9.98. The summed E-state index contributed by atoms with van der Waals surface area (Å²) in [5.41, 5.74) is 1.97. The SMILES string of the molecule is COc1c(C)cc(C(=O)c2cc(F)cc(F)c2)cc1C. The Morgan fingerprint density at radius 3 is 1.80 bits per heavy atom. The van der Waals surface area contributed by atoms with Crippen molar-refractivity contribution in [2.45, 2.75) is 13.8 Å². The highest BCUT2D eigenvalue weighted by molar-refractivity contribution is 6.09. The van der Waals surface area contributed by atoms with Gasteiger partial charge in [0.25, 0.3) is 0 Å². The molecular weight excluding hydrogens is 262 g/mol. The second-order valence-corrected chi connectivity index (χ2v) is 4.63. The quantitative estimate of drug-likeness (QED) is 0.797. The van der Waals surface area contributed by atoms with Crippen molar-refractivity contribution in [1.82, 2.24) is 0 Å². The number of hydrogen-bond acceptors (Lipinski definition) is 2. The van der Waals surface area contributed by atoms with Gasteiger partial charge in [0.1, 0.15) is 17.4 Å². The Kier molecular flexibility index (Phi) is 3.84. The van der Waals surface area contributed by atoms with Crippen LogP contribution in [-0.4, -0.2) is 12.9 Å². The Hall–Kier alpha value is -2.23. The van der Waals surface area contributed by atoms with Crippen LogP contribution in [-0.2, 0) is 0 Å². The minimum Gasteiger partial charge on any atom is -0.496 e. The number of ether oxygens (including phenoxy) is 1. The number of rotatable bonds is 3. The van der Waals surface area contributed by atoms with Crippen LogP contribution in [0.5, 0.6) is 5.75 Å². The molecule has 104 valence electrons. The molecule has 0 aliphatic rings. The molecule has 2 nitrogen and oxygen atoms in total. The van der Waals surface area contributed by atoms with Gasteiger partial charge in [-0.15, -0.1) is 0 Å². The predicted molar refractivity (Wildman–Crippen MR) is 72.3 cm³/mol. The molecule has 0 atom stereocenters. The highest BCUT2D eigenvalue weighted by atomic mass is 19.1. The van der Waals surface area contributed by atoms with E-state index < -0.39 is 17.4 Å². The first-order chi connectivity index (χ1) is 9.42. The second kappa shape index (κ2) is 5.41. The minimum atomic E-state index is -0.768. The molecule has 0 heterocycles. The molecule has 0 aliphatic carbocycles. The standard InChI is InChI=1S/C16H14F2O2/c1-9-4-11(5-10(2)16(9)20-3)15(19)12-6-13(17)8-14(18)7-12/h4-8H,1-3H3. The Morgan fingerprint density at radius 2 is 1.35 bits per heavy atom. The maximum absolute atomic E-state index is 13.2. The fraction of sp³-hybridized carbons (Fsp3) is 0.188. The minimum absolute atomic E-state index is 0.00790. The van der Waals surface area contributed by atoms with Crippen LogP contribution < -0.4 is 4.74 Å². The molecule has 0 spiro atoms. The van der Waals surface area contributed by atoms with Gasteiger partial charge in [-0.2, -0.15) is 0 Å². The number of carbonyl (C=O) groups excluding carboxylic acids is 1. The van der Waals surface area contributed by atoms with Crippen molar-refractivity contribution in [3.63, 3.8) is 0 Å². The van der Waals surface area contributed by atoms with E-state index >= 15 is 0 Å². The number of methoxy groups -OCH3 is 1. The van der Waals surface area contributed by atoms with Crippen molar-refractivity contribution in [2.75, 3.05) is 7.11 Å². The van der Waals surface area contributed by atoms with Crippen LogP contribution in [0.2, 0.25) is 0 Å². The molecule has 0 aromatic heterocycles. The van der Waals surface area contributed by atoms with Gasteiger partial charge in [0.15, 0.2) is 5.78 Å². The van der Waals surface area contributed by atoms with E-state index in [1.54, 1.807) is 19.2 Å². The van der Waals surface area contributed by atoms with Crippen LogP contribution >= 0.6 is 0 Å². The predicted octanol–water partition coefficient (Wildman–Crippen LogP) is 3.82. The first-order valence-corrected chi connectivity index (χ1v) is 6.08. The van der Waals surface area contributed by atoms with E-state index in [9.17, 15) is 13.6 Å². The zero-order valence-electron chi connectivity index (χ0n) is 11.5. The lowest BCUT2D eigenvalue weighted by Crippen LogP contribution is -2.04. The summed E-state index contributed by atoms with van der Waals surface area (Å²) in [5.74, 6) is -1.25. The third-order valence-corrected chi connectivity index (χ3v) is 3.05. The summed E-state index contributed by atoms with van der Waals surface area (Å²) in [7, 11) is 1.55. The van der Waals surface area contributed by atoms with E-state index in [0.29, 0.717) is 11.3 Å². The molecule has 20 heavy (non-hydrogen) atoms. The Bertz CT molecular complexity index is 635. The molecule has 0 amide bonds. The fourth-order valence-corrected chi connectivity index (χ4v) is 2.25. The lowest BCUT2D eigenvalue weighted by Gasteiger charge is -2.11. The van der Waals surface area contributed by atoms with Gasteiger partial charge >= 0.3 is 0 Å². The molecule has 2 aromatic rings. The first kappa shape index (κ1) is 14.2. The van der Waals surface area contributed by atoms with Crippen LogP contribution in [0.15, 0.2) is 30.3 Å². The number of hydrogen-bond donors (Lipinski definition) is 0. The van der Waals surface area contributed by atoms with Crippen LogP contribution in [0.3, 0.4) is 0 Å². The average molecular weight is 276 g/mol. The molecule has 0 bridgehead atoms. The van der Waals surface area contributed by atoms with Crippen molar-refractivity contribution >= 4 is 5.78 Å². The average Bonchev–Trinajstić information content (AvgIpc) is 2.36. The zero-order valence-corrected chi connectivity index (χ0v) is 11.5. The van der Waals surface area contributed by atoms with E-state index in [0.717, 1.165) is 29.3 Å². The number of carbonyl (C=O) groups is 1. The second-order valence-electron chi connectivity index (χ2n) is 4.63. The van der Waals surface area contributed by atoms with Crippen molar-refractivity contribution in [3.8, 4) is 5.75 Å². The third-order valence-electron chi connectivity index (χ3n) is 3.05. The number of aryl methyl sites for hydroxylation is 2. The van der Waals surface area contributed by atoms with E-state index in [-0.39, 0.29) is 5.56 Å². The van der Waals surface area contributed by atoms with E-state index in [4.69, 9.17) is 4.74 Å². The largest absolute Gasteiger partial charge is 0.496 e. The van der Waals surface area contributed by atoms with Crippen molar-refractivity contribution in [2.24, 2.45) is 0 Å². The molecule has 0 saturated heterocycles. The summed E-state index contributed by atoms with van der Waals surface area (Å²) in [6.45, 7) is 3.63. The number of ketones is 1. The van der Waals surface area contributed by atoms with Gasteiger partial charge in [0, 0.05) is 17.2 Å². The van der Waals surface area contributed by atoms with E-state index in [2.05, 4.69) is 0 Å². The van der Waals surface area contributed by atoms with Gasteiger partial charge in [0.2, 0.25) is 0 Å². The zero-order chi connectivity index (χ0) is 14.9. The van der Waals surface area contributed by atoms with E-state index in [1.807, 2.05) is 13.8 Å². The molecule has 0 radical (unpaired) electrons. The van der Waals surface area contributed by atoms with Gasteiger partial charge < -0.3 is 4.74 Å². The molecule has 0 fully saturated rings. The summed E-state index contributed by atoms with van der Waals surface area (Å²) in [4.78, 5) is 12.3. The summed E-state index contributed by atoms with van der Waals surface area (Å²) in [6, 6.07) is 6.09. The number of benzene rings is 2. The Labute approximate surface area is 116 Å². The summed E-state index contributed by atoms with van der Waals surface area (Å²) >= 11 is 0. The van der Waals surface area contributed by atoms with Crippen LogP contribution in [0, 0.1) is 25.5 Å². The molecule has 4 heteroatoms. The number of halogens is 2. The molecule has 0 aliphatic heterocycles. The maximum Gasteiger partial charge on any atom is 0.193 e. The van der Waals surface area contributed by atoms with E-state index in [1.165, 1.54) is 0 Å². The topological polar surface area (TPSA) is 26.3 Å².